The molecule has 4 rings (SSSR count). The summed E-state index contributed by atoms with van der Waals surface area (Å²) in [5.41, 5.74) is 8.24. The molecule has 176 valence electrons. The van der Waals surface area contributed by atoms with Crippen LogP contribution in [-0.2, 0) is 0 Å². The molecule has 0 aromatic heterocycles. The first-order valence-electron chi connectivity index (χ1n) is 12.2. The van der Waals surface area contributed by atoms with Crippen LogP contribution in [-0.4, -0.2) is 6.04 Å². The molecule has 0 aliphatic heterocycles. The van der Waals surface area contributed by atoms with Crippen molar-refractivity contribution >= 4 is 22.6 Å². The molecule has 0 amide bonds. The Balaban J connectivity index is 1.61. The largest absolute Gasteiger partial charge is 0.356 e. The highest BCUT2D eigenvalue weighted by molar-refractivity contribution is 5.76. The molecule has 1 aliphatic rings. The third kappa shape index (κ3) is 5.91. The molecule has 0 saturated heterocycles. The van der Waals surface area contributed by atoms with Gasteiger partial charge in [0.2, 0.25) is 0 Å². The van der Waals surface area contributed by atoms with Crippen LogP contribution in [0.25, 0.3) is 5.57 Å². The van der Waals surface area contributed by atoms with Gasteiger partial charge in [0.1, 0.15) is 0 Å². The molecule has 2 heteroatoms. The molecular formula is C33H34N2. The quantitative estimate of drug-likeness (QED) is 0.339. The Labute approximate surface area is 210 Å². The second kappa shape index (κ2) is 11.4. The molecule has 0 radical (unpaired) electrons. The zero-order chi connectivity index (χ0) is 24.6. The van der Waals surface area contributed by atoms with E-state index in [-0.39, 0.29) is 6.04 Å². The highest BCUT2D eigenvalue weighted by Crippen LogP contribution is 2.34. The van der Waals surface area contributed by atoms with Crippen LogP contribution in [0.2, 0.25) is 0 Å². The number of allylic oxidation sites excluding steroid dienone is 6. The van der Waals surface area contributed by atoms with Crippen molar-refractivity contribution in [1.82, 2.24) is 0 Å². The molecule has 35 heavy (non-hydrogen) atoms. The van der Waals surface area contributed by atoms with Crippen LogP contribution in [0.4, 0.5) is 17.1 Å². The van der Waals surface area contributed by atoms with Crippen LogP contribution in [0.1, 0.15) is 25.0 Å². The smallest absolute Gasteiger partial charge is 0.0586 e. The molecule has 2 atom stereocenters. The molecule has 3 aromatic rings. The minimum atomic E-state index is 0.202. The second-order valence-corrected chi connectivity index (χ2v) is 8.91. The molecule has 0 spiro atoms. The normalized spacial score (nSPS) is 17.8. The van der Waals surface area contributed by atoms with Crippen LogP contribution < -0.4 is 10.2 Å². The molecule has 1 N–H and O–H groups in total. The number of para-hydroxylation sites is 1. The van der Waals surface area contributed by atoms with E-state index in [1.54, 1.807) is 6.08 Å². The number of rotatable bonds is 8. The second-order valence-electron chi connectivity index (χ2n) is 8.91. The molecule has 3 aromatic carbocycles. The molecule has 0 fully saturated rings. The number of anilines is 3. The number of hydrogen-bond donors (Lipinski definition) is 1. The monoisotopic (exact) mass is 458 g/mol. The number of nitrogens with one attached hydrogen (secondary N) is 1. The van der Waals surface area contributed by atoms with E-state index in [0.717, 1.165) is 11.4 Å². The summed E-state index contributed by atoms with van der Waals surface area (Å²) in [6.45, 7) is 10.2. The van der Waals surface area contributed by atoms with E-state index in [9.17, 15) is 0 Å². The van der Waals surface area contributed by atoms with Crippen LogP contribution in [0.15, 0.2) is 134 Å². The summed E-state index contributed by atoms with van der Waals surface area (Å²) in [6, 6.07) is 28.2. The van der Waals surface area contributed by atoms with Gasteiger partial charge in [0, 0.05) is 28.7 Å². The topological polar surface area (TPSA) is 15.3 Å². The Bertz CT molecular complexity index is 1240. The van der Waals surface area contributed by atoms with Gasteiger partial charge in [-0.1, -0.05) is 98.0 Å². The van der Waals surface area contributed by atoms with Crippen molar-refractivity contribution < 1.29 is 0 Å². The minimum Gasteiger partial charge on any atom is -0.356 e. The molecule has 0 heterocycles. The maximum absolute atomic E-state index is 3.79. The van der Waals surface area contributed by atoms with E-state index in [1.165, 1.54) is 28.1 Å². The first-order valence-corrected chi connectivity index (χ1v) is 12.2. The number of hydrogen-bond acceptors (Lipinski definition) is 2. The van der Waals surface area contributed by atoms with E-state index in [1.807, 2.05) is 6.08 Å². The summed E-state index contributed by atoms with van der Waals surface area (Å²) in [6.07, 6.45) is 14.8. The van der Waals surface area contributed by atoms with Crippen LogP contribution in [0, 0.1) is 12.8 Å². The zero-order valence-corrected chi connectivity index (χ0v) is 20.9. The van der Waals surface area contributed by atoms with Crippen LogP contribution in [0.3, 0.4) is 0 Å². The van der Waals surface area contributed by atoms with Crippen molar-refractivity contribution in [1.29, 1.82) is 0 Å². The number of benzene rings is 3. The van der Waals surface area contributed by atoms with Gasteiger partial charge in [0.15, 0.2) is 0 Å². The fourth-order valence-electron chi connectivity index (χ4n) is 4.45. The van der Waals surface area contributed by atoms with Gasteiger partial charge in [-0.3, -0.25) is 0 Å². The predicted molar refractivity (Wildman–Crippen MR) is 153 cm³/mol. The van der Waals surface area contributed by atoms with Gasteiger partial charge in [0.05, 0.1) is 6.04 Å². The van der Waals surface area contributed by atoms with Crippen molar-refractivity contribution in [2.75, 3.05) is 10.2 Å². The van der Waals surface area contributed by atoms with E-state index in [0.29, 0.717) is 5.92 Å². The van der Waals surface area contributed by atoms with E-state index in [4.69, 9.17) is 0 Å². The Kier molecular flexibility index (Phi) is 7.84. The molecule has 2 nitrogen and oxygen atoms in total. The van der Waals surface area contributed by atoms with Gasteiger partial charge in [0.25, 0.3) is 0 Å². The summed E-state index contributed by atoms with van der Waals surface area (Å²) in [5.74, 6) is 0.314. The first kappa shape index (κ1) is 24.1. The van der Waals surface area contributed by atoms with Gasteiger partial charge in [-0.2, -0.15) is 0 Å². The van der Waals surface area contributed by atoms with Crippen molar-refractivity contribution in [3.8, 4) is 0 Å². The summed E-state index contributed by atoms with van der Waals surface area (Å²) in [7, 11) is 0. The fourth-order valence-corrected chi connectivity index (χ4v) is 4.45. The molecular weight excluding hydrogens is 424 g/mol. The summed E-state index contributed by atoms with van der Waals surface area (Å²) in [4.78, 5) is 2.43. The Hall–Kier alpha value is -4.04. The van der Waals surface area contributed by atoms with E-state index >= 15 is 0 Å². The lowest BCUT2D eigenvalue weighted by molar-refractivity contribution is 0.605. The maximum Gasteiger partial charge on any atom is 0.0586 e. The van der Waals surface area contributed by atoms with Crippen molar-refractivity contribution in [3.05, 3.63) is 145 Å². The standard InChI is InChI=1S/C33H34N2/c1-5-7-11-27(6-2)28-16-21-32(22-17-28)35(31-12-9-8-10-13-31)33-23-20-30(24-26(33)4)34-29-18-14-25(3)15-19-29/h5-24,26,33-34H,1H2,2-4H3/b11-7-,27-6+. The van der Waals surface area contributed by atoms with Gasteiger partial charge in [-0.05, 0) is 67.5 Å². The average molecular weight is 459 g/mol. The summed E-state index contributed by atoms with van der Waals surface area (Å²) < 4.78 is 0. The van der Waals surface area contributed by atoms with Crippen LogP contribution in [0.5, 0.6) is 0 Å². The molecule has 2 unspecified atom stereocenters. The average Bonchev–Trinajstić information content (AvgIpc) is 2.89. The lowest BCUT2D eigenvalue weighted by atomic mass is 9.92. The van der Waals surface area contributed by atoms with Gasteiger partial charge >= 0.3 is 0 Å². The fraction of sp³-hybridized carbons (Fsp3) is 0.152. The van der Waals surface area contributed by atoms with E-state index < -0.39 is 0 Å². The van der Waals surface area contributed by atoms with Crippen molar-refractivity contribution in [2.24, 2.45) is 5.92 Å². The first-order chi connectivity index (χ1) is 17.1. The van der Waals surface area contributed by atoms with Gasteiger partial charge in [-0.25, -0.2) is 0 Å². The lowest BCUT2D eigenvalue weighted by Crippen LogP contribution is -2.36. The zero-order valence-electron chi connectivity index (χ0n) is 20.9. The van der Waals surface area contributed by atoms with Gasteiger partial charge < -0.3 is 10.2 Å². The Morgan fingerprint density at radius 1 is 0.914 bits per heavy atom. The van der Waals surface area contributed by atoms with Crippen molar-refractivity contribution in [3.63, 3.8) is 0 Å². The van der Waals surface area contributed by atoms with Crippen LogP contribution >= 0.6 is 0 Å². The third-order valence-electron chi connectivity index (χ3n) is 6.33. The third-order valence-corrected chi connectivity index (χ3v) is 6.33. The highest BCUT2D eigenvalue weighted by Gasteiger charge is 2.25. The summed E-state index contributed by atoms with van der Waals surface area (Å²) >= 11 is 0. The van der Waals surface area contributed by atoms with E-state index in [2.05, 4.69) is 147 Å². The molecule has 1 aliphatic carbocycles. The number of nitrogens with zero attached hydrogens (tertiary/aromatic N) is 1. The Morgan fingerprint density at radius 2 is 1.60 bits per heavy atom. The lowest BCUT2D eigenvalue weighted by Gasteiger charge is -2.37. The highest BCUT2D eigenvalue weighted by atomic mass is 15.2. The maximum atomic E-state index is 3.79. The number of aryl methyl sites for hydroxylation is 1. The Morgan fingerprint density at radius 3 is 2.23 bits per heavy atom. The summed E-state index contributed by atoms with van der Waals surface area (Å²) in [5, 5.41) is 3.56. The van der Waals surface area contributed by atoms with Gasteiger partial charge in [-0.15, -0.1) is 0 Å². The predicted octanol–water partition coefficient (Wildman–Crippen LogP) is 8.85. The SMILES string of the molecule is C=C/C=C\C(=C/C)c1ccc(N(c2ccccc2)C2C=CC(Nc3ccc(C)cc3)=CC2C)cc1. The minimum absolute atomic E-state index is 0.202. The van der Waals surface area contributed by atoms with Crippen molar-refractivity contribution in [2.45, 2.75) is 26.8 Å². The molecule has 0 bridgehead atoms. The molecule has 0 saturated carbocycles.